The summed E-state index contributed by atoms with van der Waals surface area (Å²) in [7, 11) is -0.391. The van der Waals surface area contributed by atoms with Gasteiger partial charge in [0.05, 0.1) is 0 Å². The van der Waals surface area contributed by atoms with E-state index in [1.54, 1.807) is 10.6 Å². The van der Waals surface area contributed by atoms with E-state index in [0.717, 1.165) is 0 Å². The van der Waals surface area contributed by atoms with Crippen LogP contribution in [-0.2, 0) is 0 Å². The number of hydrogen-bond donors (Lipinski definition) is 0. The number of rotatable bonds is 4. The summed E-state index contributed by atoms with van der Waals surface area (Å²) < 4.78 is 0. The Balaban J connectivity index is 2.39. The van der Waals surface area contributed by atoms with Crippen molar-refractivity contribution in [2.75, 3.05) is 5.90 Å². The Labute approximate surface area is 145 Å². The minimum atomic E-state index is -0.195. The van der Waals surface area contributed by atoms with Crippen LogP contribution in [0.5, 0.6) is 0 Å². The van der Waals surface area contributed by atoms with Crippen LogP contribution in [0.25, 0.3) is 0 Å². The first-order valence-corrected chi connectivity index (χ1v) is 11.4. The van der Waals surface area contributed by atoms with E-state index >= 15 is 0 Å². The van der Waals surface area contributed by atoms with Crippen molar-refractivity contribution in [1.82, 2.24) is 0 Å². The molecule has 0 fully saturated rings. The van der Waals surface area contributed by atoms with E-state index in [0.29, 0.717) is 10.3 Å². The Morgan fingerprint density at radius 2 is 0.870 bits per heavy atom. The smallest absolute Gasteiger partial charge is 0.00305 e. The van der Waals surface area contributed by atoms with Gasteiger partial charge in [0.15, 0.2) is 0 Å². The van der Waals surface area contributed by atoms with Gasteiger partial charge in [-0.1, -0.05) is 118 Å². The zero-order chi connectivity index (χ0) is 17.1. The van der Waals surface area contributed by atoms with E-state index in [2.05, 4.69) is 102 Å². The van der Waals surface area contributed by atoms with Gasteiger partial charge in [-0.05, 0) is 26.8 Å². The lowest BCUT2D eigenvalue weighted by molar-refractivity contribution is 0.781. The average Bonchev–Trinajstić information content (AvgIpc) is 2.47. The molecule has 0 radical (unpaired) electrons. The Bertz CT molecular complexity index is 536. The van der Waals surface area contributed by atoms with Crippen LogP contribution in [0.3, 0.4) is 0 Å². The lowest BCUT2D eigenvalue weighted by Gasteiger charge is -2.40. The lowest BCUT2D eigenvalue weighted by atomic mass is 10.3. The third-order valence-corrected chi connectivity index (χ3v) is 11.4. The molecule has 0 amide bonds. The van der Waals surface area contributed by atoms with Gasteiger partial charge in [0.2, 0.25) is 0 Å². The number of hydrogen-bond acceptors (Lipinski definition) is 0. The van der Waals surface area contributed by atoms with E-state index in [1.807, 2.05) is 0 Å². The quantitative estimate of drug-likeness (QED) is 0.583. The highest BCUT2D eigenvalue weighted by Crippen LogP contribution is 2.61. The van der Waals surface area contributed by atoms with Crippen molar-refractivity contribution < 1.29 is 0 Å². The highest BCUT2D eigenvalue weighted by molar-refractivity contribution is 7.83. The molecule has 0 saturated carbocycles. The van der Waals surface area contributed by atoms with Gasteiger partial charge in [-0.25, -0.2) is 0 Å². The summed E-state index contributed by atoms with van der Waals surface area (Å²) in [6, 6.07) is 22.4. The van der Waals surface area contributed by atoms with Gasteiger partial charge in [-0.2, -0.15) is 0 Å². The molecule has 23 heavy (non-hydrogen) atoms. The maximum atomic E-state index is 2.41. The fourth-order valence-electron chi connectivity index (χ4n) is 2.72. The molecule has 2 heteroatoms. The predicted octanol–water partition coefficient (Wildman–Crippen LogP) is 6.16. The van der Waals surface area contributed by atoms with Crippen LogP contribution in [0.15, 0.2) is 60.7 Å². The van der Waals surface area contributed by atoms with Gasteiger partial charge in [0.25, 0.3) is 0 Å². The molecule has 2 aromatic carbocycles. The fourth-order valence-corrected chi connectivity index (χ4v) is 11.2. The molecule has 0 aliphatic heterocycles. The summed E-state index contributed by atoms with van der Waals surface area (Å²) in [5.74, 6) is 1.31. The van der Waals surface area contributed by atoms with Gasteiger partial charge in [-0.15, -0.1) is 0 Å². The Hall–Kier alpha value is -0.700. The SMILES string of the molecule is CC(C)(C)P(CP(c1ccccc1)C(C)(C)C)c1ccccc1. The summed E-state index contributed by atoms with van der Waals surface area (Å²) >= 11 is 0. The van der Waals surface area contributed by atoms with Crippen LogP contribution in [-0.4, -0.2) is 16.2 Å². The summed E-state index contributed by atoms with van der Waals surface area (Å²) in [6.07, 6.45) is 0. The van der Waals surface area contributed by atoms with Gasteiger partial charge in [-0.3, -0.25) is 0 Å². The molecule has 2 rings (SSSR count). The van der Waals surface area contributed by atoms with Gasteiger partial charge in [0.1, 0.15) is 0 Å². The molecule has 0 saturated heterocycles. The van der Waals surface area contributed by atoms with Crippen molar-refractivity contribution in [3.63, 3.8) is 0 Å². The molecule has 124 valence electrons. The molecule has 0 aliphatic rings. The molecule has 0 spiro atoms. The van der Waals surface area contributed by atoms with Crippen LogP contribution in [0.2, 0.25) is 0 Å². The van der Waals surface area contributed by atoms with Crippen LogP contribution in [0.4, 0.5) is 0 Å². The maximum absolute atomic E-state index is 2.41. The lowest BCUT2D eigenvalue weighted by Crippen LogP contribution is -2.26. The molecule has 0 nitrogen and oxygen atoms in total. The van der Waals surface area contributed by atoms with Crippen LogP contribution >= 0.6 is 15.8 Å². The van der Waals surface area contributed by atoms with Gasteiger partial charge >= 0.3 is 0 Å². The van der Waals surface area contributed by atoms with Crippen molar-refractivity contribution >= 4 is 26.5 Å². The summed E-state index contributed by atoms with van der Waals surface area (Å²) in [5.41, 5.74) is 0. The van der Waals surface area contributed by atoms with Crippen molar-refractivity contribution in [1.29, 1.82) is 0 Å². The molecule has 0 N–H and O–H groups in total. The summed E-state index contributed by atoms with van der Waals surface area (Å²) in [4.78, 5) is 0. The fraction of sp³-hybridized carbons (Fsp3) is 0.429. The van der Waals surface area contributed by atoms with Crippen molar-refractivity contribution in [3.05, 3.63) is 60.7 Å². The van der Waals surface area contributed by atoms with E-state index < -0.39 is 0 Å². The average molecular weight is 344 g/mol. The van der Waals surface area contributed by atoms with E-state index in [4.69, 9.17) is 0 Å². The molecule has 0 bridgehead atoms. The second-order valence-corrected chi connectivity index (χ2v) is 14.6. The Morgan fingerprint density at radius 3 is 1.13 bits per heavy atom. The highest BCUT2D eigenvalue weighted by Gasteiger charge is 2.33. The minimum Gasteiger partial charge on any atom is -0.0651 e. The molecule has 0 aromatic heterocycles. The first-order valence-electron chi connectivity index (χ1n) is 8.35. The first kappa shape index (κ1) is 18.6. The molecule has 2 unspecified atom stereocenters. The van der Waals surface area contributed by atoms with Crippen LogP contribution in [0.1, 0.15) is 41.5 Å². The molecule has 0 aliphatic carbocycles. The van der Waals surface area contributed by atoms with E-state index in [9.17, 15) is 0 Å². The van der Waals surface area contributed by atoms with Gasteiger partial charge < -0.3 is 0 Å². The van der Waals surface area contributed by atoms with Crippen molar-refractivity contribution in [3.8, 4) is 0 Å². The number of benzene rings is 2. The van der Waals surface area contributed by atoms with E-state index in [1.165, 1.54) is 5.90 Å². The third-order valence-electron chi connectivity index (χ3n) is 4.04. The second kappa shape index (κ2) is 7.46. The normalized spacial score (nSPS) is 15.2. The van der Waals surface area contributed by atoms with Crippen LogP contribution < -0.4 is 10.6 Å². The van der Waals surface area contributed by atoms with Crippen molar-refractivity contribution in [2.24, 2.45) is 0 Å². The third kappa shape index (κ3) is 5.14. The first-order chi connectivity index (χ1) is 10.7. The monoisotopic (exact) mass is 344 g/mol. The maximum Gasteiger partial charge on any atom is -0.00305 e. The van der Waals surface area contributed by atoms with Crippen LogP contribution in [0, 0.1) is 0 Å². The molecule has 2 atom stereocenters. The summed E-state index contributed by atoms with van der Waals surface area (Å²) in [6.45, 7) is 14.5. The summed E-state index contributed by atoms with van der Waals surface area (Å²) in [5, 5.41) is 3.75. The topological polar surface area (TPSA) is 0 Å². The molecular formula is C21H30P2. The largest absolute Gasteiger partial charge is 0.0651 e. The predicted molar refractivity (Wildman–Crippen MR) is 110 cm³/mol. The Kier molecular flexibility index (Phi) is 6.05. The second-order valence-electron chi connectivity index (χ2n) is 8.01. The standard InChI is InChI=1S/C21H30P2/c1-20(2,3)22(18-13-9-7-10-14-18)17-23(21(4,5)6)19-15-11-8-12-16-19/h7-16H,17H2,1-6H3. The molecular weight excluding hydrogens is 314 g/mol. The Morgan fingerprint density at radius 1 is 0.565 bits per heavy atom. The van der Waals surface area contributed by atoms with E-state index in [-0.39, 0.29) is 15.8 Å². The molecule has 0 heterocycles. The minimum absolute atomic E-state index is 0.195. The zero-order valence-corrected chi connectivity index (χ0v) is 17.2. The molecule has 2 aromatic rings. The highest BCUT2D eigenvalue weighted by atomic mass is 31.2. The van der Waals surface area contributed by atoms with Crippen molar-refractivity contribution in [2.45, 2.75) is 51.9 Å². The van der Waals surface area contributed by atoms with Gasteiger partial charge in [0, 0.05) is 0 Å². The zero-order valence-electron chi connectivity index (χ0n) is 15.4.